The first-order chi connectivity index (χ1) is 10.1. The summed E-state index contributed by atoms with van der Waals surface area (Å²) in [6, 6.07) is 6.32. The Morgan fingerprint density at radius 3 is 2.67 bits per heavy atom. The van der Waals surface area contributed by atoms with E-state index in [-0.39, 0.29) is 0 Å². The Labute approximate surface area is 135 Å². The molecule has 2 aromatic rings. The third-order valence-electron chi connectivity index (χ3n) is 3.74. The SMILES string of the molecule is CC(C)c1c(CNC2CC2)cnn1-c1ccc(Cl)c(Cl)c1. The molecule has 3 rings (SSSR count). The number of nitrogens with zero attached hydrogens (tertiary/aromatic N) is 2. The summed E-state index contributed by atoms with van der Waals surface area (Å²) in [5, 5.41) is 9.22. The maximum atomic E-state index is 6.13. The van der Waals surface area contributed by atoms with Crippen LogP contribution in [0.25, 0.3) is 5.69 Å². The molecule has 21 heavy (non-hydrogen) atoms. The van der Waals surface area contributed by atoms with Crippen LogP contribution in [0.2, 0.25) is 10.0 Å². The van der Waals surface area contributed by atoms with E-state index in [2.05, 4.69) is 24.3 Å². The highest BCUT2D eigenvalue weighted by molar-refractivity contribution is 6.42. The molecular formula is C16H19Cl2N3. The molecule has 0 unspecified atom stereocenters. The Hall–Kier alpha value is -1.03. The van der Waals surface area contributed by atoms with Gasteiger partial charge in [-0.1, -0.05) is 37.0 Å². The first-order valence-electron chi connectivity index (χ1n) is 7.32. The van der Waals surface area contributed by atoms with E-state index in [9.17, 15) is 0 Å². The quantitative estimate of drug-likeness (QED) is 0.874. The minimum atomic E-state index is 0.387. The van der Waals surface area contributed by atoms with Gasteiger partial charge in [0.05, 0.1) is 27.6 Å². The van der Waals surface area contributed by atoms with E-state index >= 15 is 0 Å². The molecule has 1 aromatic carbocycles. The number of aromatic nitrogens is 2. The molecule has 0 spiro atoms. The lowest BCUT2D eigenvalue weighted by Gasteiger charge is -2.14. The van der Waals surface area contributed by atoms with Gasteiger partial charge in [-0.3, -0.25) is 0 Å². The molecule has 1 fully saturated rings. The molecule has 1 heterocycles. The second kappa shape index (κ2) is 5.99. The standard InChI is InChI=1S/C16H19Cl2N3/c1-10(2)16-11(8-19-12-3-4-12)9-20-21(16)13-5-6-14(17)15(18)7-13/h5-7,9-10,12,19H,3-4,8H2,1-2H3. The molecule has 0 aliphatic heterocycles. The second-order valence-electron chi connectivity index (χ2n) is 5.88. The highest BCUT2D eigenvalue weighted by atomic mass is 35.5. The number of benzene rings is 1. The molecule has 1 aliphatic rings. The molecule has 3 nitrogen and oxygen atoms in total. The van der Waals surface area contributed by atoms with E-state index in [1.54, 1.807) is 0 Å². The largest absolute Gasteiger partial charge is 0.310 e. The van der Waals surface area contributed by atoms with Gasteiger partial charge in [0.2, 0.25) is 0 Å². The van der Waals surface area contributed by atoms with Gasteiger partial charge in [0.1, 0.15) is 0 Å². The van der Waals surface area contributed by atoms with Crippen molar-refractivity contribution in [1.29, 1.82) is 0 Å². The van der Waals surface area contributed by atoms with Crippen LogP contribution < -0.4 is 5.32 Å². The van der Waals surface area contributed by atoms with Crippen molar-refractivity contribution in [2.45, 2.75) is 45.2 Å². The van der Waals surface area contributed by atoms with Crippen molar-refractivity contribution in [1.82, 2.24) is 15.1 Å². The smallest absolute Gasteiger partial charge is 0.0664 e. The van der Waals surface area contributed by atoms with Crippen LogP contribution in [0.1, 0.15) is 43.9 Å². The average molecular weight is 324 g/mol. The molecule has 0 amide bonds. The van der Waals surface area contributed by atoms with Crippen molar-refractivity contribution < 1.29 is 0 Å². The highest BCUT2D eigenvalue weighted by Gasteiger charge is 2.22. The lowest BCUT2D eigenvalue weighted by Crippen LogP contribution is -2.17. The summed E-state index contributed by atoms with van der Waals surface area (Å²) in [5.41, 5.74) is 3.43. The van der Waals surface area contributed by atoms with Crippen molar-refractivity contribution in [2.75, 3.05) is 0 Å². The third kappa shape index (κ3) is 3.25. The van der Waals surface area contributed by atoms with E-state index in [4.69, 9.17) is 23.2 Å². The summed E-state index contributed by atoms with van der Waals surface area (Å²) in [4.78, 5) is 0. The fourth-order valence-corrected chi connectivity index (χ4v) is 2.80. The van der Waals surface area contributed by atoms with Gasteiger partial charge in [0, 0.05) is 18.2 Å². The zero-order valence-electron chi connectivity index (χ0n) is 12.2. The highest BCUT2D eigenvalue weighted by Crippen LogP contribution is 2.28. The molecule has 5 heteroatoms. The van der Waals surface area contributed by atoms with Gasteiger partial charge in [-0.15, -0.1) is 0 Å². The Bertz CT molecular complexity index is 645. The molecule has 0 bridgehead atoms. The first-order valence-corrected chi connectivity index (χ1v) is 8.07. The monoisotopic (exact) mass is 323 g/mol. The summed E-state index contributed by atoms with van der Waals surface area (Å²) < 4.78 is 1.97. The summed E-state index contributed by atoms with van der Waals surface area (Å²) in [5.74, 6) is 0.387. The Morgan fingerprint density at radius 1 is 1.29 bits per heavy atom. The average Bonchev–Trinajstić information content (AvgIpc) is 3.17. The van der Waals surface area contributed by atoms with Gasteiger partial charge >= 0.3 is 0 Å². The van der Waals surface area contributed by atoms with Crippen LogP contribution in [0.15, 0.2) is 24.4 Å². The van der Waals surface area contributed by atoms with E-state index in [1.807, 2.05) is 29.1 Å². The van der Waals surface area contributed by atoms with Crippen LogP contribution in [-0.4, -0.2) is 15.8 Å². The van der Waals surface area contributed by atoms with Gasteiger partial charge in [0.15, 0.2) is 0 Å². The summed E-state index contributed by atoms with van der Waals surface area (Å²) >= 11 is 12.1. The molecular weight excluding hydrogens is 305 g/mol. The van der Waals surface area contributed by atoms with Gasteiger partial charge in [0.25, 0.3) is 0 Å². The lowest BCUT2D eigenvalue weighted by molar-refractivity contribution is 0.666. The van der Waals surface area contributed by atoms with Crippen LogP contribution in [0.5, 0.6) is 0 Å². The molecule has 0 radical (unpaired) electrons. The second-order valence-corrected chi connectivity index (χ2v) is 6.69. The van der Waals surface area contributed by atoms with Crippen molar-refractivity contribution in [3.63, 3.8) is 0 Å². The Kier molecular flexibility index (Phi) is 4.25. The fraction of sp³-hybridized carbons (Fsp3) is 0.438. The number of hydrogen-bond donors (Lipinski definition) is 1. The maximum absolute atomic E-state index is 6.13. The van der Waals surface area contributed by atoms with Crippen LogP contribution in [0, 0.1) is 0 Å². The van der Waals surface area contributed by atoms with Crippen molar-refractivity contribution >= 4 is 23.2 Å². The summed E-state index contributed by atoms with van der Waals surface area (Å²) in [6.45, 7) is 5.25. The maximum Gasteiger partial charge on any atom is 0.0664 e. The zero-order chi connectivity index (χ0) is 15.0. The van der Waals surface area contributed by atoms with Crippen molar-refractivity contribution in [3.05, 3.63) is 45.7 Å². The summed E-state index contributed by atoms with van der Waals surface area (Å²) in [7, 11) is 0. The zero-order valence-corrected chi connectivity index (χ0v) is 13.7. The van der Waals surface area contributed by atoms with Gasteiger partial charge in [-0.2, -0.15) is 5.10 Å². The van der Waals surface area contributed by atoms with Crippen LogP contribution in [0.3, 0.4) is 0 Å². The van der Waals surface area contributed by atoms with Crippen molar-refractivity contribution in [2.24, 2.45) is 0 Å². The molecule has 1 aliphatic carbocycles. The molecule has 1 aromatic heterocycles. The minimum absolute atomic E-state index is 0.387. The number of halogens is 2. The molecule has 112 valence electrons. The number of nitrogens with one attached hydrogen (secondary N) is 1. The van der Waals surface area contributed by atoms with E-state index in [0.29, 0.717) is 22.0 Å². The fourth-order valence-electron chi connectivity index (χ4n) is 2.51. The van der Waals surface area contributed by atoms with Crippen LogP contribution >= 0.6 is 23.2 Å². The van der Waals surface area contributed by atoms with E-state index in [0.717, 1.165) is 12.2 Å². The van der Waals surface area contributed by atoms with Crippen LogP contribution in [0.4, 0.5) is 0 Å². The molecule has 0 saturated heterocycles. The van der Waals surface area contributed by atoms with Gasteiger partial charge < -0.3 is 5.32 Å². The van der Waals surface area contributed by atoms with E-state index < -0.39 is 0 Å². The molecule has 1 N–H and O–H groups in total. The Balaban J connectivity index is 1.94. The number of rotatable bonds is 5. The number of hydrogen-bond acceptors (Lipinski definition) is 2. The van der Waals surface area contributed by atoms with Crippen LogP contribution in [-0.2, 0) is 6.54 Å². The van der Waals surface area contributed by atoms with E-state index in [1.165, 1.54) is 24.1 Å². The first kappa shape index (κ1) is 14.9. The predicted octanol–water partition coefficient (Wildman–Crippen LogP) is 4.55. The summed E-state index contributed by atoms with van der Waals surface area (Å²) in [6.07, 6.45) is 4.53. The topological polar surface area (TPSA) is 29.9 Å². The minimum Gasteiger partial charge on any atom is -0.310 e. The lowest BCUT2D eigenvalue weighted by atomic mass is 10.1. The Morgan fingerprint density at radius 2 is 2.05 bits per heavy atom. The normalized spacial score (nSPS) is 14.9. The third-order valence-corrected chi connectivity index (χ3v) is 4.48. The molecule has 1 saturated carbocycles. The van der Waals surface area contributed by atoms with Gasteiger partial charge in [-0.25, -0.2) is 4.68 Å². The molecule has 0 atom stereocenters. The van der Waals surface area contributed by atoms with Crippen molar-refractivity contribution in [3.8, 4) is 5.69 Å². The van der Waals surface area contributed by atoms with Gasteiger partial charge in [-0.05, 0) is 37.0 Å². The predicted molar refractivity (Wildman–Crippen MR) is 87.5 cm³/mol.